The molecule has 0 bridgehead atoms. The number of ether oxygens (including phenoxy) is 1. The molecule has 0 radical (unpaired) electrons. The van der Waals surface area contributed by atoms with Gasteiger partial charge in [-0.2, -0.15) is 0 Å². The summed E-state index contributed by atoms with van der Waals surface area (Å²) in [6.45, 7) is -1.51. The SMILES string of the molecule is O=c1[nH]c(=O)n(C2O[C@H](CO)[C@@H](O)[C@@]2(O)F)cc1CO. The van der Waals surface area contributed by atoms with Crippen molar-refractivity contribution in [3.63, 3.8) is 0 Å². The third kappa shape index (κ3) is 2.17. The first-order valence-electron chi connectivity index (χ1n) is 5.63. The minimum absolute atomic E-state index is 0.258. The number of nitrogens with zero attached hydrogens (tertiary/aromatic N) is 1. The zero-order valence-corrected chi connectivity index (χ0v) is 10.1. The van der Waals surface area contributed by atoms with Crippen LogP contribution >= 0.6 is 0 Å². The van der Waals surface area contributed by atoms with Gasteiger partial charge in [-0.1, -0.05) is 0 Å². The summed E-state index contributed by atoms with van der Waals surface area (Å²) in [6, 6.07) is 0. The second-order valence-electron chi connectivity index (χ2n) is 4.36. The Morgan fingerprint density at radius 1 is 1.45 bits per heavy atom. The van der Waals surface area contributed by atoms with Crippen molar-refractivity contribution < 1.29 is 29.6 Å². The predicted octanol–water partition coefficient (Wildman–Crippen LogP) is -3.06. The van der Waals surface area contributed by atoms with E-state index in [1.807, 2.05) is 4.98 Å². The van der Waals surface area contributed by atoms with E-state index < -0.39 is 48.8 Å². The van der Waals surface area contributed by atoms with Crippen molar-refractivity contribution in [2.45, 2.75) is 30.9 Å². The molecule has 0 aliphatic carbocycles. The Labute approximate surface area is 110 Å². The van der Waals surface area contributed by atoms with Crippen LogP contribution in [-0.4, -0.2) is 54.6 Å². The fourth-order valence-electron chi connectivity index (χ4n) is 1.96. The van der Waals surface area contributed by atoms with Gasteiger partial charge < -0.3 is 25.2 Å². The number of hydrogen-bond acceptors (Lipinski definition) is 7. The van der Waals surface area contributed by atoms with Gasteiger partial charge in [-0.25, -0.2) is 9.18 Å². The van der Waals surface area contributed by atoms with Crippen molar-refractivity contribution >= 4 is 0 Å². The van der Waals surface area contributed by atoms with Crippen LogP contribution in [0.4, 0.5) is 4.39 Å². The molecule has 1 aliphatic heterocycles. The fourth-order valence-corrected chi connectivity index (χ4v) is 1.96. The molecule has 0 saturated carbocycles. The number of aromatic amines is 1. The van der Waals surface area contributed by atoms with E-state index in [4.69, 9.17) is 14.9 Å². The van der Waals surface area contributed by atoms with Crippen LogP contribution in [0.2, 0.25) is 0 Å². The average Bonchev–Trinajstić information content (AvgIpc) is 2.62. The van der Waals surface area contributed by atoms with Gasteiger partial charge in [0, 0.05) is 6.20 Å². The highest BCUT2D eigenvalue weighted by molar-refractivity contribution is 5.05. The second-order valence-corrected chi connectivity index (χ2v) is 4.36. The molecule has 112 valence electrons. The van der Waals surface area contributed by atoms with Crippen LogP contribution in [0.1, 0.15) is 11.8 Å². The number of aliphatic hydroxyl groups is 4. The van der Waals surface area contributed by atoms with E-state index in [9.17, 15) is 24.2 Å². The summed E-state index contributed by atoms with van der Waals surface area (Å²) in [6.07, 6.45) is -4.67. The summed E-state index contributed by atoms with van der Waals surface area (Å²) in [5, 5.41) is 36.9. The van der Waals surface area contributed by atoms with E-state index in [0.29, 0.717) is 4.57 Å². The lowest BCUT2D eigenvalue weighted by atomic mass is 10.1. The van der Waals surface area contributed by atoms with E-state index >= 15 is 0 Å². The van der Waals surface area contributed by atoms with Crippen LogP contribution in [0.15, 0.2) is 15.8 Å². The number of alkyl halides is 1. The standard InChI is InChI=1S/C10H13FN2O7/c11-10(19)6(16)5(3-15)20-8(10)13-1-4(2-14)7(17)12-9(13)18/h1,5-6,8,14-16,19H,2-3H2,(H,12,17,18)/t5-,6-,8?,10+/m1/s1. The maximum atomic E-state index is 14.1. The zero-order chi connectivity index (χ0) is 15.1. The maximum Gasteiger partial charge on any atom is 0.330 e. The van der Waals surface area contributed by atoms with Gasteiger partial charge in [-0.3, -0.25) is 14.3 Å². The molecule has 2 heterocycles. The number of aromatic nitrogens is 2. The van der Waals surface area contributed by atoms with Crippen LogP contribution in [-0.2, 0) is 11.3 Å². The Kier molecular flexibility index (Phi) is 3.75. The molecule has 0 aromatic carbocycles. The van der Waals surface area contributed by atoms with Gasteiger partial charge >= 0.3 is 5.69 Å². The molecule has 0 spiro atoms. The molecule has 1 aliphatic rings. The number of halogens is 1. The van der Waals surface area contributed by atoms with Gasteiger partial charge in [0.05, 0.1) is 18.8 Å². The molecule has 2 rings (SSSR count). The predicted molar refractivity (Wildman–Crippen MR) is 60.3 cm³/mol. The molecule has 10 heteroatoms. The Balaban J connectivity index is 2.52. The van der Waals surface area contributed by atoms with E-state index in [0.717, 1.165) is 6.20 Å². The number of H-pyrrole nitrogens is 1. The fraction of sp³-hybridized carbons (Fsp3) is 0.600. The zero-order valence-electron chi connectivity index (χ0n) is 10.1. The summed E-state index contributed by atoms with van der Waals surface area (Å²) in [5.41, 5.74) is -2.22. The molecule has 1 fully saturated rings. The summed E-state index contributed by atoms with van der Waals surface area (Å²) in [7, 11) is 0. The van der Waals surface area contributed by atoms with Crippen LogP contribution in [0.25, 0.3) is 0 Å². The van der Waals surface area contributed by atoms with Gasteiger partial charge in [-0.05, 0) is 0 Å². The first-order chi connectivity index (χ1) is 9.32. The smallest absolute Gasteiger partial charge is 0.330 e. The van der Waals surface area contributed by atoms with Crippen molar-refractivity contribution in [3.05, 3.63) is 32.6 Å². The lowest BCUT2D eigenvalue weighted by Gasteiger charge is -2.23. The second kappa shape index (κ2) is 5.07. The Hall–Kier alpha value is -1.59. The quantitative estimate of drug-likeness (QED) is 0.397. The Morgan fingerprint density at radius 3 is 2.60 bits per heavy atom. The highest BCUT2D eigenvalue weighted by atomic mass is 19.2. The number of nitrogens with one attached hydrogen (secondary N) is 1. The van der Waals surface area contributed by atoms with Gasteiger partial charge in [-0.15, -0.1) is 0 Å². The molecule has 9 nitrogen and oxygen atoms in total. The maximum absolute atomic E-state index is 14.1. The number of rotatable bonds is 3. The topological polar surface area (TPSA) is 145 Å². The molecule has 5 N–H and O–H groups in total. The molecule has 1 saturated heterocycles. The largest absolute Gasteiger partial charge is 0.394 e. The average molecular weight is 292 g/mol. The lowest BCUT2D eigenvalue weighted by molar-refractivity contribution is -0.197. The first kappa shape index (κ1) is 14.8. The van der Waals surface area contributed by atoms with Gasteiger partial charge in [0.1, 0.15) is 12.2 Å². The summed E-state index contributed by atoms with van der Waals surface area (Å²) in [5.74, 6) is -3.35. The van der Waals surface area contributed by atoms with Crippen LogP contribution < -0.4 is 11.2 Å². The first-order valence-corrected chi connectivity index (χ1v) is 5.63. The van der Waals surface area contributed by atoms with Crippen molar-refractivity contribution in [3.8, 4) is 0 Å². The summed E-state index contributed by atoms with van der Waals surface area (Å²) < 4.78 is 19.4. The van der Waals surface area contributed by atoms with Crippen LogP contribution in [0, 0.1) is 0 Å². The summed E-state index contributed by atoms with van der Waals surface area (Å²) >= 11 is 0. The van der Waals surface area contributed by atoms with Gasteiger partial charge in [0.25, 0.3) is 11.4 Å². The summed E-state index contributed by atoms with van der Waals surface area (Å²) in [4.78, 5) is 24.7. The highest BCUT2D eigenvalue weighted by Crippen LogP contribution is 2.38. The van der Waals surface area contributed by atoms with Crippen molar-refractivity contribution in [2.24, 2.45) is 0 Å². The van der Waals surface area contributed by atoms with Crippen LogP contribution in [0.5, 0.6) is 0 Å². The molecule has 1 unspecified atom stereocenters. The Morgan fingerprint density at radius 2 is 2.10 bits per heavy atom. The normalized spacial score (nSPS) is 33.5. The minimum atomic E-state index is -3.35. The van der Waals surface area contributed by atoms with Gasteiger partial charge in [0.2, 0.25) is 0 Å². The van der Waals surface area contributed by atoms with E-state index in [2.05, 4.69) is 0 Å². The van der Waals surface area contributed by atoms with Crippen molar-refractivity contribution in [2.75, 3.05) is 6.61 Å². The monoisotopic (exact) mass is 292 g/mol. The Bertz CT molecular complexity index is 610. The number of hydrogen-bond donors (Lipinski definition) is 5. The van der Waals surface area contributed by atoms with E-state index in [-0.39, 0.29) is 5.56 Å². The molecule has 1 aromatic rings. The van der Waals surface area contributed by atoms with E-state index in [1.54, 1.807) is 0 Å². The molecule has 0 amide bonds. The van der Waals surface area contributed by atoms with Crippen molar-refractivity contribution in [1.29, 1.82) is 0 Å². The molecule has 20 heavy (non-hydrogen) atoms. The third-order valence-corrected chi connectivity index (χ3v) is 3.06. The van der Waals surface area contributed by atoms with Crippen LogP contribution in [0.3, 0.4) is 0 Å². The highest BCUT2D eigenvalue weighted by Gasteiger charge is 2.57. The number of aliphatic hydroxyl groups excluding tert-OH is 3. The molecule has 1 aromatic heterocycles. The van der Waals surface area contributed by atoms with E-state index in [1.165, 1.54) is 0 Å². The lowest BCUT2D eigenvalue weighted by Crippen LogP contribution is -2.46. The molecular weight excluding hydrogens is 279 g/mol. The molecular formula is C10H13FN2O7. The van der Waals surface area contributed by atoms with Crippen molar-refractivity contribution in [1.82, 2.24) is 9.55 Å². The van der Waals surface area contributed by atoms with Gasteiger partial charge in [0.15, 0.2) is 6.23 Å². The molecule has 4 atom stereocenters. The minimum Gasteiger partial charge on any atom is -0.394 e. The third-order valence-electron chi connectivity index (χ3n) is 3.06.